The normalized spacial score (nSPS) is 11.7. The van der Waals surface area contributed by atoms with Gasteiger partial charge in [-0.1, -0.05) is 0 Å². The predicted octanol–water partition coefficient (Wildman–Crippen LogP) is 1.81. The van der Waals surface area contributed by atoms with Crippen LogP contribution in [0, 0.1) is 0 Å². The van der Waals surface area contributed by atoms with Crippen molar-refractivity contribution in [1.82, 2.24) is 15.0 Å². The summed E-state index contributed by atoms with van der Waals surface area (Å²) in [5, 5.41) is 7.76. The molecule has 0 atom stereocenters. The molecule has 0 bridgehead atoms. The summed E-state index contributed by atoms with van der Waals surface area (Å²) in [6.07, 6.45) is 3.55. The van der Waals surface area contributed by atoms with Gasteiger partial charge in [-0.2, -0.15) is 0 Å². The summed E-state index contributed by atoms with van der Waals surface area (Å²) in [5.41, 5.74) is 1.08. The van der Waals surface area contributed by atoms with Gasteiger partial charge < -0.3 is 0 Å². The Morgan fingerprint density at radius 2 is 1.73 bits per heavy atom. The first kappa shape index (κ1) is 10.7. The van der Waals surface area contributed by atoms with Gasteiger partial charge in [-0.3, -0.25) is 0 Å². The van der Waals surface area contributed by atoms with Gasteiger partial charge in [0.15, 0.2) is 0 Å². The van der Waals surface area contributed by atoms with E-state index in [0.29, 0.717) is 0 Å². The first-order valence-corrected chi connectivity index (χ1v) is 15.0. The van der Waals surface area contributed by atoms with Gasteiger partial charge in [0.05, 0.1) is 0 Å². The molecule has 0 spiro atoms. The molecule has 1 aromatic heterocycles. The summed E-state index contributed by atoms with van der Waals surface area (Å²) in [7, 11) is 0. The van der Waals surface area contributed by atoms with Gasteiger partial charge in [-0.25, -0.2) is 0 Å². The zero-order valence-corrected chi connectivity index (χ0v) is 12.2. The van der Waals surface area contributed by atoms with E-state index < -0.39 is 18.4 Å². The van der Waals surface area contributed by atoms with E-state index >= 15 is 0 Å². The molecule has 1 heterocycles. The van der Waals surface area contributed by atoms with Crippen LogP contribution in [0.1, 0.15) is 0 Å². The Kier molecular flexibility index (Phi) is 2.82. The van der Waals surface area contributed by atoms with Gasteiger partial charge >= 0.3 is 94.1 Å². The van der Waals surface area contributed by atoms with E-state index in [1.54, 1.807) is 10.9 Å². The van der Waals surface area contributed by atoms with E-state index in [4.69, 9.17) is 0 Å². The van der Waals surface area contributed by atoms with E-state index in [1.807, 2.05) is 6.20 Å². The van der Waals surface area contributed by atoms with Crippen molar-refractivity contribution in [2.75, 3.05) is 0 Å². The first-order chi connectivity index (χ1) is 7.07. The number of aromatic nitrogens is 3. The Bertz CT molecular complexity index is 426. The Hall–Kier alpha value is -0.841. The van der Waals surface area contributed by atoms with Crippen molar-refractivity contribution in [2.45, 2.75) is 14.8 Å². The summed E-state index contributed by atoms with van der Waals surface area (Å²) >= 11 is -1.89. The minimum absolute atomic E-state index is 1.08. The Morgan fingerprint density at radius 1 is 1.07 bits per heavy atom. The second-order valence-electron chi connectivity index (χ2n) is 4.64. The predicted molar refractivity (Wildman–Crippen MR) is 64.3 cm³/mol. The summed E-state index contributed by atoms with van der Waals surface area (Å²) in [6, 6.07) is 8.69. The molecule has 3 nitrogen and oxygen atoms in total. The van der Waals surface area contributed by atoms with Crippen LogP contribution in [0.2, 0.25) is 14.8 Å². The molecule has 1 aromatic carbocycles. The van der Waals surface area contributed by atoms with Crippen LogP contribution >= 0.6 is 0 Å². The number of hydrogen-bond donors (Lipinski definition) is 0. The SMILES string of the molecule is [CH3][Sn]([CH3])([CH3])[c]1ccc(-n2ccnn2)cc1. The standard InChI is InChI=1S/C8H6N3.3CH3.Sn/c1-2-4-8(5-3-1)11-7-6-9-10-11;;;;/h2-7H;3*1H3;. The molecule has 0 aliphatic rings. The van der Waals surface area contributed by atoms with E-state index in [0.717, 1.165) is 5.69 Å². The van der Waals surface area contributed by atoms with Gasteiger partial charge in [0.2, 0.25) is 0 Å². The Morgan fingerprint density at radius 3 is 2.20 bits per heavy atom. The van der Waals surface area contributed by atoms with Crippen LogP contribution in [0.4, 0.5) is 0 Å². The van der Waals surface area contributed by atoms with Crippen LogP contribution in [-0.4, -0.2) is 33.4 Å². The molecular formula is C11H15N3Sn. The van der Waals surface area contributed by atoms with Gasteiger partial charge in [0, 0.05) is 0 Å². The van der Waals surface area contributed by atoms with Crippen LogP contribution in [0.15, 0.2) is 36.7 Å². The number of nitrogens with zero attached hydrogens (tertiary/aromatic N) is 3. The maximum absolute atomic E-state index is 3.96. The van der Waals surface area contributed by atoms with Crippen LogP contribution in [0.25, 0.3) is 5.69 Å². The first-order valence-electron chi connectivity index (χ1n) is 5.04. The number of hydrogen-bond acceptors (Lipinski definition) is 2. The van der Waals surface area contributed by atoms with Crippen molar-refractivity contribution in [3.63, 3.8) is 0 Å². The minimum atomic E-state index is -1.89. The Balaban J connectivity index is 2.33. The zero-order valence-electron chi connectivity index (χ0n) is 9.31. The second-order valence-corrected chi connectivity index (χ2v) is 19.1. The van der Waals surface area contributed by atoms with Crippen LogP contribution in [0.5, 0.6) is 0 Å². The third-order valence-corrected chi connectivity index (χ3v) is 8.32. The fourth-order valence-electron chi connectivity index (χ4n) is 1.46. The van der Waals surface area contributed by atoms with Gasteiger partial charge in [0.25, 0.3) is 0 Å². The van der Waals surface area contributed by atoms with Gasteiger partial charge in [-0.05, 0) is 0 Å². The van der Waals surface area contributed by atoms with Crippen molar-refractivity contribution in [1.29, 1.82) is 0 Å². The molecule has 0 amide bonds. The third-order valence-electron chi connectivity index (χ3n) is 2.42. The molecule has 0 fully saturated rings. The Labute approximate surface area is 94.0 Å². The molecule has 0 saturated heterocycles. The van der Waals surface area contributed by atoms with Gasteiger partial charge in [0.1, 0.15) is 0 Å². The summed E-state index contributed by atoms with van der Waals surface area (Å²) in [6.45, 7) is 0. The molecule has 0 unspecified atom stereocenters. The summed E-state index contributed by atoms with van der Waals surface area (Å²) in [5.74, 6) is 0. The molecule has 2 aromatic rings. The summed E-state index contributed by atoms with van der Waals surface area (Å²) < 4.78 is 3.32. The molecule has 0 aliphatic heterocycles. The molecule has 0 N–H and O–H groups in total. The van der Waals surface area contributed by atoms with Gasteiger partial charge in [-0.15, -0.1) is 0 Å². The molecule has 15 heavy (non-hydrogen) atoms. The number of benzene rings is 1. The number of rotatable bonds is 2. The molecular weight excluding hydrogens is 293 g/mol. The zero-order chi connectivity index (χ0) is 10.9. The van der Waals surface area contributed by atoms with Crippen molar-refractivity contribution in [3.8, 4) is 5.69 Å². The third kappa shape index (κ3) is 2.39. The summed E-state index contributed by atoms with van der Waals surface area (Å²) in [4.78, 5) is 7.25. The molecule has 2 rings (SSSR count). The van der Waals surface area contributed by atoms with Crippen molar-refractivity contribution in [3.05, 3.63) is 36.7 Å². The van der Waals surface area contributed by atoms with Crippen molar-refractivity contribution in [2.24, 2.45) is 0 Å². The van der Waals surface area contributed by atoms with E-state index in [1.165, 1.54) is 3.58 Å². The van der Waals surface area contributed by atoms with E-state index in [-0.39, 0.29) is 0 Å². The maximum atomic E-state index is 3.96. The molecule has 0 radical (unpaired) electrons. The molecule has 4 heteroatoms. The van der Waals surface area contributed by atoms with E-state index in [9.17, 15) is 0 Å². The van der Waals surface area contributed by atoms with Crippen molar-refractivity contribution >= 4 is 22.0 Å². The molecule has 0 saturated carbocycles. The quantitative estimate of drug-likeness (QED) is 0.792. The molecule has 0 aliphatic carbocycles. The monoisotopic (exact) mass is 309 g/mol. The van der Waals surface area contributed by atoms with Crippen LogP contribution in [0.3, 0.4) is 0 Å². The van der Waals surface area contributed by atoms with E-state index in [2.05, 4.69) is 49.4 Å². The average Bonchev–Trinajstić information content (AvgIpc) is 2.69. The fourth-order valence-corrected chi connectivity index (χ4v) is 4.79. The van der Waals surface area contributed by atoms with Crippen molar-refractivity contribution < 1.29 is 0 Å². The van der Waals surface area contributed by atoms with Crippen LogP contribution < -0.4 is 3.58 Å². The molecule has 78 valence electrons. The average molecular weight is 308 g/mol. The second kappa shape index (κ2) is 3.96. The topological polar surface area (TPSA) is 30.7 Å². The fraction of sp³-hybridized carbons (Fsp3) is 0.273. The van der Waals surface area contributed by atoms with Crippen LogP contribution in [-0.2, 0) is 0 Å².